The first-order valence-electron chi connectivity index (χ1n) is 7.32. The maximum atomic E-state index is 12.4. The summed E-state index contributed by atoms with van der Waals surface area (Å²) in [4.78, 5) is 17.8. The van der Waals surface area contributed by atoms with Gasteiger partial charge in [0, 0.05) is 11.9 Å². The Hall–Kier alpha value is -2.59. The lowest BCUT2D eigenvalue weighted by Crippen LogP contribution is -2.12. The van der Waals surface area contributed by atoms with Crippen molar-refractivity contribution in [2.75, 3.05) is 11.9 Å². The number of hydrogen-bond acceptors (Lipinski definition) is 8. The SMILES string of the molecule is Cc1noc(-c2c(NC(=O)c3cn(C)nn3)sc3c2CCOC3)n1. The number of hydrogen-bond donors (Lipinski definition) is 1. The second-order valence-corrected chi connectivity index (χ2v) is 6.49. The van der Waals surface area contributed by atoms with E-state index >= 15 is 0 Å². The van der Waals surface area contributed by atoms with Crippen molar-refractivity contribution in [1.82, 2.24) is 25.1 Å². The Morgan fingerprint density at radius 2 is 2.33 bits per heavy atom. The van der Waals surface area contributed by atoms with Crippen molar-refractivity contribution in [3.8, 4) is 11.5 Å². The van der Waals surface area contributed by atoms with Gasteiger partial charge in [0.2, 0.25) is 0 Å². The molecule has 3 aromatic heterocycles. The van der Waals surface area contributed by atoms with E-state index in [1.807, 2.05) is 0 Å². The van der Waals surface area contributed by atoms with Crippen LogP contribution in [0.3, 0.4) is 0 Å². The fourth-order valence-electron chi connectivity index (χ4n) is 2.56. The second-order valence-electron chi connectivity index (χ2n) is 5.39. The van der Waals surface area contributed by atoms with Crippen LogP contribution in [0.2, 0.25) is 0 Å². The van der Waals surface area contributed by atoms with E-state index in [0.717, 1.165) is 22.4 Å². The summed E-state index contributed by atoms with van der Waals surface area (Å²) < 4.78 is 12.3. The lowest BCUT2D eigenvalue weighted by atomic mass is 10.1. The highest BCUT2D eigenvalue weighted by atomic mass is 32.1. The van der Waals surface area contributed by atoms with Crippen LogP contribution in [0, 0.1) is 6.92 Å². The minimum Gasteiger partial charge on any atom is -0.376 e. The number of anilines is 1. The molecule has 1 aliphatic heterocycles. The third-order valence-corrected chi connectivity index (χ3v) is 4.75. The van der Waals surface area contributed by atoms with Gasteiger partial charge in [0.05, 0.1) is 25.0 Å². The van der Waals surface area contributed by atoms with Crippen LogP contribution < -0.4 is 5.32 Å². The van der Waals surface area contributed by atoms with Gasteiger partial charge in [-0.3, -0.25) is 9.48 Å². The molecule has 4 rings (SSSR count). The summed E-state index contributed by atoms with van der Waals surface area (Å²) in [6.07, 6.45) is 2.30. The molecule has 0 unspecified atom stereocenters. The summed E-state index contributed by atoms with van der Waals surface area (Å²) in [5.41, 5.74) is 2.10. The Morgan fingerprint density at radius 3 is 3.04 bits per heavy atom. The van der Waals surface area contributed by atoms with Crippen molar-refractivity contribution in [3.63, 3.8) is 0 Å². The number of aromatic nitrogens is 5. The fourth-order valence-corrected chi connectivity index (χ4v) is 3.74. The summed E-state index contributed by atoms with van der Waals surface area (Å²) in [6.45, 7) is 2.90. The van der Waals surface area contributed by atoms with Gasteiger partial charge in [-0.05, 0) is 18.9 Å². The first-order chi connectivity index (χ1) is 11.6. The molecule has 0 fully saturated rings. The predicted molar refractivity (Wildman–Crippen MR) is 84.7 cm³/mol. The van der Waals surface area contributed by atoms with Crippen molar-refractivity contribution in [1.29, 1.82) is 0 Å². The van der Waals surface area contributed by atoms with Gasteiger partial charge in [0.1, 0.15) is 5.00 Å². The molecule has 9 nitrogen and oxygen atoms in total. The third kappa shape index (κ3) is 2.59. The topological polar surface area (TPSA) is 108 Å². The molecule has 1 amide bonds. The summed E-state index contributed by atoms with van der Waals surface area (Å²) >= 11 is 1.46. The van der Waals surface area contributed by atoms with Gasteiger partial charge in [0.15, 0.2) is 11.5 Å². The Morgan fingerprint density at radius 1 is 1.46 bits per heavy atom. The molecule has 0 atom stereocenters. The van der Waals surface area contributed by atoms with Crippen LogP contribution >= 0.6 is 11.3 Å². The van der Waals surface area contributed by atoms with Crippen molar-refractivity contribution in [3.05, 3.63) is 28.2 Å². The maximum absolute atomic E-state index is 12.4. The first kappa shape index (κ1) is 15.0. The minimum absolute atomic E-state index is 0.243. The van der Waals surface area contributed by atoms with Gasteiger partial charge in [-0.1, -0.05) is 10.4 Å². The zero-order chi connectivity index (χ0) is 16.7. The molecule has 0 saturated heterocycles. The van der Waals surface area contributed by atoms with E-state index in [4.69, 9.17) is 9.26 Å². The molecule has 0 spiro atoms. The summed E-state index contributed by atoms with van der Waals surface area (Å²) in [7, 11) is 1.71. The van der Waals surface area contributed by atoms with E-state index < -0.39 is 0 Å². The molecule has 124 valence electrons. The van der Waals surface area contributed by atoms with Crippen LogP contribution in [-0.4, -0.2) is 37.6 Å². The molecule has 4 heterocycles. The highest BCUT2D eigenvalue weighted by Crippen LogP contribution is 2.42. The van der Waals surface area contributed by atoms with Crippen LogP contribution in [0.4, 0.5) is 5.00 Å². The predicted octanol–water partition coefficient (Wildman–Crippen LogP) is 1.56. The third-order valence-electron chi connectivity index (χ3n) is 3.62. The van der Waals surface area contributed by atoms with Crippen molar-refractivity contribution in [2.45, 2.75) is 20.0 Å². The lowest BCUT2D eigenvalue weighted by molar-refractivity contribution is 0.102. The number of amides is 1. The highest BCUT2D eigenvalue weighted by Gasteiger charge is 2.27. The van der Waals surface area contributed by atoms with E-state index in [0.29, 0.717) is 29.9 Å². The maximum Gasteiger partial charge on any atom is 0.278 e. The number of thiophene rings is 1. The summed E-state index contributed by atoms with van der Waals surface area (Å²) in [6, 6.07) is 0. The van der Waals surface area contributed by atoms with Gasteiger partial charge in [0.25, 0.3) is 11.8 Å². The average molecular weight is 346 g/mol. The van der Waals surface area contributed by atoms with E-state index in [-0.39, 0.29) is 11.6 Å². The second kappa shape index (κ2) is 5.80. The summed E-state index contributed by atoms with van der Waals surface area (Å²) in [5, 5.41) is 15.0. The van der Waals surface area contributed by atoms with Crippen LogP contribution in [-0.2, 0) is 24.8 Å². The van der Waals surface area contributed by atoms with Gasteiger partial charge in [-0.25, -0.2) is 0 Å². The van der Waals surface area contributed by atoms with Crippen LogP contribution in [0.25, 0.3) is 11.5 Å². The fraction of sp³-hybridized carbons (Fsp3) is 0.357. The molecule has 0 aliphatic carbocycles. The minimum atomic E-state index is -0.333. The summed E-state index contributed by atoms with van der Waals surface area (Å²) in [5.74, 6) is 0.615. The lowest BCUT2D eigenvalue weighted by Gasteiger charge is -2.12. The molecule has 24 heavy (non-hydrogen) atoms. The van der Waals surface area contributed by atoms with Gasteiger partial charge < -0.3 is 14.6 Å². The standard InChI is InChI=1S/C14H14N6O3S/c1-7-15-13(23-18-7)11-8-3-4-22-6-10(8)24-14(11)16-12(21)9-5-20(2)19-17-9/h5H,3-4,6H2,1-2H3,(H,16,21). The van der Waals surface area contributed by atoms with Crippen LogP contribution in [0.15, 0.2) is 10.7 Å². The molecular formula is C14H14N6O3S. The molecule has 1 aliphatic rings. The first-order valence-corrected chi connectivity index (χ1v) is 8.14. The number of fused-ring (bicyclic) bond motifs is 1. The van der Waals surface area contributed by atoms with Crippen LogP contribution in [0.5, 0.6) is 0 Å². The van der Waals surface area contributed by atoms with Gasteiger partial charge >= 0.3 is 0 Å². The molecular weight excluding hydrogens is 332 g/mol. The van der Waals surface area contributed by atoms with E-state index in [1.165, 1.54) is 16.0 Å². The van der Waals surface area contributed by atoms with Gasteiger partial charge in [-0.2, -0.15) is 4.98 Å². The monoisotopic (exact) mass is 346 g/mol. The Kier molecular flexibility index (Phi) is 3.62. The number of nitrogens with one attached hydrogen (secondary N) is 1. The largest absolute Gasteiger partial charge is 0.376 e. The van der Waals surface area contributed by atoms with E-state index in [9.17, 15) is 4.79 Å². The number of rotatable bonds is 3. The zero-order valence-electron chi connectivity index (χ0n) is 13.1. The number of carbonyl (C=O) groups is 1. The van der Waals surface area contributed by atoms with Crippen molar-refractivity contribution < 1.29 is 14.1 Å². The average Bonchev–Trinajstić information content (AvgIpc) is 3.25. The Bertz CT molecular complexity index is 912. The number of nitrogens with zero attached hydrogens (tertiary/aromatic N) is 5. The number of aryl methyl sites for hydroxylation is 2. The molecule has 1 N–H and O–H groups in total. The van der Waals surface area contributed by atoms with E-state index in [2.05, 4.69) is 25.8 Å². The quantitative estimate of drug-likeness (QED) is 0.766. The van der Waals surface area contributed by atoms with E-state index in [1.54, 1.807) is 20.2 Å². The zero-order valence-corrected chi connectivity index (χ0v) is 13.9. The van der Waals surface area contributed by atoms with Gasteiger partial charge in [-0.15, -0.1) is 16.4 Å². The molecule has 0 bridgehead atoms. The number of ether oxygens (including phenoxy) is 1. The smallest absolute Gasteiger partial charge is 0.278 e. The van der Waals surface area contributed by atoms with Crippen molar-refractivity contribution >= 4 is 22.2 Å². The number of carbonyl (C=O) groups excluding carboxylic acids is 1. The molecule has 3 aromatic rings. The molecule has 10 heteroatoms. The van der Waals surface area contributed by atoms with Crippen LogP contribution in [0.1, 0.15) is 26.8 Å². The normalized spacial score (nSPS) is 13.8. The molecule has 0 aromatic carbocycles. The molecule has 0 saturated carbocycles. The highest BCUT2D eigenvalue weighted by molar-refractivity contribution is 7.17. The Balaban J connectivity index is 1.74. The Labute approximate surface area is 140 Å². The molecule has 0 radical (unpaired) electrons. The van der Waals surface area contributed by atoms with Crippen molar-refractivity contribution in [2.24, 2.45) is 7.05 Å².